The smallest absolute Gasteiger partial charge is 0.391 e. The van der Waals surface area contributed by atoms with Crippen LogP contribution in [0.5, 0.6) is 11.5 Å². The summed E-state index contributed by atoms with van der Waals surface area (Å²) < 4.78 is 64.7. The molecular formula is C19H19ClFN3O6PS2+. The highest BCUT2D eigenvalue weighted by atomic mass is 35.5. The quantitative estimate of drug-likeness (QED) is 0.357. The number of ether oxygens (including phenoxy) is 1. The molecular weight excluding hydrogens is 516 g/mol. The lowest BCUT2D eigenvalue weighted by atomic mass is 10.2. The molecule has 5 N–H and O–H groups in total. The molecule has 1 atom stereocenters. The summed E-state index contributed by atoms with van der Waals surface area (Å²) in [4.78, 5) is 10.0. The second kappa shape index (κ2) is 9.95. The number of sulfonamides is 1. The Kier molecular flexibility index (Phi) is 7.65. The number of thiophene rings is 1. The van der Waals surface area contributed by atoms with E-state index in [-0.39, 0.29) is 20.5 Å². The molecule has 0 aliphatic heterocycles. The van der Waals surface area contributed by atoms with Gasteiger partial charge in [-0.25, -0.2) is 17.4 Å². The van der Waals surface area contributed by atoms with Gasteiger partial charge in [-0.1, -0.05) is 11.6 Å². The van der Waals surface area contributed by atoms with Crippen LogP contribution in [0.25, 0.3) is 10.1 Å². The number of hydrogen-bond donors (Lipinski definition) is 3. The fourth-order valence-electron chi connectivity index (χ4n) is 2.87. The van der Waals surface area contributed by atoms with Crippen LogP contribution in [0.4, 0.5) is 4.39 Å². The van der Waals surface area contributed by atoms with E-state index in [0.717, 1.165) is 29.5 Å². The minimum Gasteiger partial charge on any atom is -0.486 e. The zero-order valence-electron chi connectivity index (χ0n) is 17.2. The first-order chi connectivity index (χ1) is 15.5. The molecule has 1 unspecified atom stereocenters. The molecule has 0 spiro atoms. The van der Waals surface area contributed by atoms with Crippen LogP contribution < -0.4 is 19.7 Å². The Labute approximate surface area is 198 Å². The summed E-state index contributed by atoms with van der Waals surface area (Å²) in [5.74, 6) is -0.864. The average Bonchev–Trinajstić information content (AvgIpc) is 3.10. The lowest BCUT2D eigenvalue weighted by Gasteiger charge is -2.14. The summed E-state index contributed by atoms with van der Waals surface area (Å²) in [7, 11) is -8.76. The van der Waals surface area contributed by atoms with E-state index >= 15 is 0 Å². The SMILES string of the molecule is Cc1c(S(=O)(=O)NCP(=O)(O)Oc2ccc(C#N)c(F)c2)sc2ccc(OCC[NH3+])c(Cl)c12. The fourth-order valence-corrected chi connectivity index (χ4v) is 7.60. The zero-order chi connectivity index (χ0) is 24.4. The maximum absolute atomic E-state index is 13.7. The van der Waals surface area contributed by atoms with Crippen molar-refractivity contribution in [2.45, 2.75) is 11.1 Å². The van der Waals surface area contributed by atoms with Crippen LogP contribution in [0.15, 0.2) is 34.5 Å². The van der Waals surface area contributed by atoms with Crippen LogP contribution in [-0.4, -0.2) is 32.7 Å². The van der Waals surface area contributed by atoms with Gasteiger partial charge in [0.25, 0.3) is 10.0 Å². The van der Waals surface area contributed by atoms with Gasteiger partial charge in [0.2, 0.25) is 0 Å². The van der Waals surface area contributed by atoms with Crippen molar-refractivity contribution in [3.63, 3.8) is 0 Å². The summed E-state index contributed by atoms with van der Waals surface area (Å²) in [5.41, 5.74) is 3.77. The number of aryl methyl sites for hydroxylation is 1. The second-order valence-electron chi connectivity index (χ2n) is 6.76. The van der Waals surface area contributed by atoms with Crippen LogP contribution in [-0.2, 0) is 14.6 Å². The number of rotatable bonds is 9. The van der Waals surface area contributed by atoms with Gasteiger partial charge in [0.1, 0.15) is 47.0 Å². The third kappa shape index (κ3) is 5.65. The topological polar surface area (TPSA) is 153 Å². The molecule has 0 aliphatic carbocycles. The van der Waals surface area contributed by atoms with Crippen LogP contribution in [0, 0.1) is 24.1 Å². The Bertz CT molecular complexity index is 1410. The highest BCUT2D eigenvalue weighted by Crippen LogP contribution is 2.44. The Balaban J connectivity index is 1.82. The van der Waals surface area contributed by atoms with Crippen molar-refractivity contribution < 1.29 is 37.3 Å². The van der Waals surface area contributed by atoms with E-state index in [1.54, 1.807) is 25.1 Å². The molecule has 0 saturated carbocycles. The normalized spacial score (nSPS) is 13.5. The lowest BCUT2D eigenvalue weighted by molar-refractivity contribution is -0.370. The first kappa shape index (κ1) is 25.4. The van der Waals surface area contributed by atoms with Crippen LogP contribution in [0.3, 0.4) is 0 Å². The Morgan fingerprint density at radius 3 is 2.73 bits per heavy atom. The van der Waals surface area contributed by atoms with Gasteiger partial charge >= 0.3 is 7.60 Å². The summed E-state index contributed by atoms with van der Waals surface area (Å²) >= 11 is 7.35. The zero-order valence-corrected chi connectivity index (χ0v) is 20.5. The lowest BCUT2D eigenvalue weighted by Crippen LogP contribution is -2.52. The Morgan fingerprint density at radius 1 is 1.36 bits per heavy atom. The number of hydrogen-bond acceptors (Lipinski definition) is 7. The maximum Gasteiger partial charge on any atom is 0.391 e. The highest BCUT2D eigenvalue weighted by molar-refractivity contribution is 7.92. The molecule has 0 radical (unpaired) electrons. The molecule has 2 aromatic carbocycles. The van der Waals surface area contributed by atoms with Gasteiger partial charge < -0.3 is 19.9 Å². The molecule has 0 fully saturated rings. The third-order valence-electron chi connectivity index (χ3n) is 4.36. The van der Waals surface area contributed by atoms with Crippen molar-refractivity contribution in [3.05, 3.63) is 52.3 Å². The second-order valence-corrected chi connectivity index (χ2v) is 11.9. The molecule has 0 aliphatic rings. The number of nitrogens with zero attached hydrogens (tertiary/aromatic N) is 1. The summed E-state index contributed by atoms with van der Waals surface area (Å²) in [5, 5.41) is 9.50. The van der Waals surface area contributed by atoms with E-state index in [0.29, 0.717) is 34.6 Å². The van der Waals surface area contributed by atoms with Crippen LogP contribution >= 0.6 is 30.5 Å². The van der Waals surface area contributed by atoms with Gasteiger partial charge in [-0.3, -0.25) is 0 Å². The van der Waals surface area contributed by atoms with E-state index in [4.69, 9.17) is 26.1 Å². The van der Waals surface area contributed by atoms with Crippen molar-refractivity contribution in [2.75, 3.05) is 19.4 Å². The van der Waals surface area contributed by atoms with E-state index in [9.17, 15) is 22.3 Å². The maximum atomic E-state index is 13.7. The molecule has 0 saturated heterocycles. The first-order valence-corrected chi connectivity index (χ1v) is 13.8. The summed E-state index contributed by atoms with van der Waals surface area (Å²) in [6.07, 6.45) is -0.962. The standard InChI is InChI=1S/C19H18ClFN3O6PS2/c1-11-17-16(5-4-15(18(17)20)29-7-6-22)32-19(11)33(27,28)24-10-31(25,26)30-13-3-2-12(9-23)14(21)8-13/h2-5,8,24H,6-7,10,22H2,1H3,(H,25,26)/p+1. The minimum absolute atomic E-state index is 0.0851. The molecule has 3 rings (SSSR count). The first-order valence-electron chi connectivity index (χ1n) is 9.33. The van der Waals surface area contributed by atoms with Crippen molar-refractivity contribution >= 4 is 50.6 Å². The average molecular weight is 535 g/mol. The minimum atomic E-state index is -4.54. The number of halogens is 2. The molecule has 176 valence electrons. The molecule has 33 heavy (non-hydrogen) atoms. The molecule has 0 amide bonds. The van der Waals surface area contributed by atoms with Crippen molar-refractivity contribution in [1.29, 1.82) is 5.26 Å². The number of fused-ring (bicyclic) bond motifs is 1. The Hall–Kier alpha value is -2.23. The summed E-state index contributed by atoms with van der Waals surface area (Å²) in [6, 6.07) is 7.89. The monoisotopic (exact) mass is 534 g/mol. The molecule has 3 aromatic rings. The van der Waals surface area contributed by atoms with Crippen molar-refractivity contribution in [2.24, 2.45) is 0 Å². The van der Waals surface area contributed by atoms with E-state index in [1.807, 2.05) is 0 Å². The van der Waals surface area contributed by atoms with Crippen molar-refractivity contribution in [3.8, 4) is 17.6 Å². The number of benzene rings is 2. The van der Waals surface area contributed by atoms with Crippen LogP contribution in [0.2, 0.25) is 5.02 Å². The largest absolute Gasteiger partial charge is 0.486 e. The molecule has 9 nitrogen and oxygen atoms in total. The number of nitrogens with one attached hydrogen (secondary N) is 1. The fraction of sp³-hybridized carbons (Fsp3) is 0.211. The number of nitriles is 1. The van der Waals surface area contributed by atoms with E-state index < -0.39 is 29.7 Å². The highest BCUT2D eigenvalue weighted by Gasteiger charge is 2.29. The van der Waals surface area contributed by atoms with Crippen LogP contribution in [0.1, 0.15) is 11.1 Å². The number of quaternary nitrogens is 1. The molecule has 1 heterocycles. The summed E-state index contributed by atoms with van der Waals surface area (Å²) in [6.45, 7) is 2.44. The van der Waals surface area contributed by atoms with Gasteiger partial charge in [0.15, 0.2) is 0 Å². The van der Waals surface area contributed by atoms with E-state index in [1.165, 1.54) is 0 Å². The van der Waals surface area contributed by atoms with Crippen molar-refractivity contribution in [1.82, 2.24) is 4.72 Å². The predicted molar refractivity (Wildman–Crippen MR) is 122 cm³/mol. The molecule has 0 bridgehead atoms. The van der Waals surface area contributed by atoms with Gasteiger partial charge in [0, 0.05) is 16.2 Å². The van der Waals surface area contributed by atoms with Gasteiger partial charge in [0.05, 0.1) is 10.6 Å². The Morgan fingerprint density at radius 2 is 2.09 bits per heavy atom. The van der Waals surface area contributed by atoms with E-state index in [2.05, 4.69) is 10.5 Å². The predicted octanol–water partition coefficient (Wildman–Crippen LogP) is 2.99. The van der Waals surface area contributed by atoms with Gasteiger partial charge in [-0.2, -0.15) is 9.98 Å². The molecule has 1 aromatic heterocycles. The van der Waals surface area contributed by atoms with Gasteiger partial charge in [-0.05, 0) is 36.8 Å². The van der Waals surface area contributed by atoms with Gasteiger partial charge in [-0.15, -0.1) is 11.3 Å². The third-order valence-corrected chi connectivity index (χ3v) is 9.28. The molecule has 14 heteroatoms.